The van der Waals surface area contributed by atoms with Gasteiger partial charge in [-0.1, -0.05) is 34.8 Å². The number of ether oxygens (including phenoxy) is 1. The highest BCUT2D eigenvalue weighted by atomic mass is 35.5. The average Bonchev–Trinajstić information content (AvgIpc) is 3.26. The van der Waals surface area contributed by atoms with Gasteiger partial charge >= 0.3 is 6.03 Å². The van der Waals surface area contributed by atoms with Crippen LogP contribution in [0.2, 0.25) is 15.1 Å². The van der Waals surface area contributed by atoms with E-state index in [0.717, 1.165) is 5.56 Å². The molecule has 0 saturated heterocycles. The zero-order chi connectivity index (χ0) is 16.8. The Balaban J connectivity index is 1.47. The summed E-state index contributed by atoms with van der Waals surface area (Å²) in [4.78, 5) is 16.2. The van der Waals surface area contributed by atoms with Crippen LogP contribution >= 0.6 is 34.8 Å². The van der Waals surface area contributed by atoms with E-state index < -0.39 is 0 Å². The van der Waals surface area contributed by atoms with Gasteiger partial charge in [-0.05, 0) is 24.3 Å². The Morgan fingerprint density at radius 1 is 1.17 bits per heavy atom. The molecule has 1 saturated carbocycles. The highest BCUT2D eigenvalue weighted by molar-refractivity contribution is 6.35. The van der Waals surface area contributed by atoms with Gasteiger partial charge in [0.15, 0.2) is 0 Å². The molecule has 8 heteroatoms. The number of hydrogen-bond acceptors (Lipinski definition) is 3. The number of hydrogen-bond donors (Lipinski definition) is 2. The Kier molecular flexibility index (Phi) is 3.95. The summed E-state index contributed by atoms with van der Waals surface area (Å²) < 4.78 is 5.72. The Morgan fingerprint density at radius 2 is 1.96 bits per heavy atom. The van der Waals surface area contributed by atoms with Crippen LogP contribution in [0, 0.1) is 5.92 Å². The third-order valence-electron chi connectivity index (χ3n) is 4.28. The highest BCUT2D eigenvalue weighted by Gasteiger charge is 2.56. The minimum atomic E-state index is -0.330. The van der Waals surface area contributed by atoms with Gasteiger partial charge in [0.25, 0.3) is 0 Å². The predicted molar refractivity (Wildman–Crippen MR) is 93.4 cm³/mol. The second kappa shape index (κ2) is 5.99. The van der Waals surface area contributed by atoms with E-state index in [1.54, 1.807) is 24.3 Å². The lowest BCUT2D eigenvalue weighted by molar-refractivity contribution is 0.249. The van der Waals surface area contributed by atoms with Crippen LogP contribution in [0.5, 0.6) is 5.75 Å². The van der Waals surface area contributed by atoms with Crippen LogP contribution in [0.1, 0.15) is 11.5 Å². The number of benzene rings is 1. The molecule has 2 aliphatic rings. The molecule has 2 N–H and O–H groups in total. The lowest BCUT2D eigenvalue weighted by Gasteiger charge is -2.18. The lowest BCUT2D eigenvalue weighted by Crippen LogP contribution is -2.32. The predicted octanol–water partition coefficient (Wildman–Crippen LogP) is 4.34. The van der Waals surface area contributed by atoms with Crippen molar-refractivity contribution >= 4 is 46.7 Å². The fraction of sp³-hybridized carbons (Fsp3) is 0.250. The average molecular weight is 385 g/mol. The number of carbonyl (C=O) groups excluding carboxylic acids is 1. The number of carbonyl (C=O) groups is 1. The van der Waals surface area contributed by atoms with E-state index in [1.807, 2.05) is 0 Å². The minimum absolute atomic E-state index is 0.0467. The second-order valence-corrected chi connectivity index (χ2v) is 7.01. The quantitative estimate of drug-likeness (QED) is 0.809. The third kappa shape index (κ3) is 2.77. The van der Waals surface area contributed by atoms with Gasteiger partial charge in [0.05, 0.1) is 16.7 Å². The summed E-state index contributed by atoms with van der Waals surface area (Å²) >= 11 is 18.2. The molecule has 2 aromatic rings. The zero-order valence-corrected chi connectivity index (χ0v) is 14.5. The van der Waals surface area contributed by atoms with Gasteiger partial charge in [-0.3, -0.25) is 5.32 Å². The summed E-state index contributed by atoms with van der Waals surface area (Å²) in [5.74, 6) is 1.36. The van der Waals surface area contributed by atoms with Gasteiger partial charge in [0.1, 0.15) is 11.6 Å². The van der Waals surface area contributed by atoms with Gasteiger partial charge in [-0.2, -0.15) is 0 Å². The summed E-state index contributed by atoms with van der Waals surface area (Å²) in [7, 11) is 0. The number of rotatable bonds is 2. The van der Waals surface area contributed by atoms with Gasteiger partial charge in [0, 0.05) is 34.7 Å². The number of halogens is 3. The number of aromatic nitrogens is 1. The van der Waals surface area contributed by atoms with Crippen molar-refractivity contribution in [1.29, 1.82) is 0 Å². The van der Waals surface area contributed by atoms with Crippen molar-refractivity contribution in [3.05, 3.63) is 51.1 Å². The molecule has 1 aliphatic heterocycles. The van der Waals surface area contributed by atoms with Gasteiger partial charge < -0.3 is 10.1 Å². The molecule has 4 rings (SSSR count). The Bertz CT molecular complexity index is 813. The molecule has 1 fully saturated rings. The van der Waals surface area contributed by atoms with Gasteiger partial charge in [0.2, 0.25) is 0 Å². The number of anilines is 1. The highest BCUT2D eigenvalue weighted by Crippen LogP contribution is 2.57. The maximum absolute atomic E-state index is 12.2. The zero-order valence-electron chi connectivity index (χ0n) is 12.2. The van der Waals surface area contributed by atoms with E-state index in [-0.39, 0.29) is 23.9 Å². The number of pyridine rings is 1. The summed E-state index contributed by atoms with van der Waals surface area (Å²) in [6, 6.07) is 6.39. The van der Waals surface area contributed by atoms with E-state index in [9.17, 15) is 4.79 Å². The summed E-state index contributed by atoms with van der Waals surface area (Å²) in [5, 5.41) is 7.27. The molecule has 1 aliphatic carbocycles. The normalized spacial score (nSPS) is 23.5. The molecule has 2 heterocycles. The van der Waals surface area contributed by atoms with Crippen LogP contribution in [-0.4, -0.2) is 23.7 Å². The molecule has 3 atom stereocenters. The first kappa shape index (κ1) is 15.8. The van der Waals surface area contributed by atoms with Crippen LogP contribution < -0.4 is 15.4 Å². The standard InChI is InChI=1S/C16H12Cl3N3O2/c17-7-1-4-11(20-5-7)21-16(23)22-14-8-6-24-15-10(19)3-2-9(18)13(15)12(8)14/h1-5,8,12,14H,6H2,(H2,20,21,22,23)/t8-,12-,14?/m0/s1. The van der Waals surface area contributed by atoms with E-state index >= 15 is 0 Å². The van der Waals surface area contributed by atoms with Crippen molar-refractivity contribution in [2.24, 2.45) is 5.92 Å². The first-order chi connectivity index (χ1) is 11.5. The van der Waals surface area contributed by atoms with Crippen LogP contribution in [0.4, 0.5) is 10.6 Å². The summed E-state index contributed by atoms with van der Waals surface area (Å²) in [5.41, 5.74) is 0.871. The van der Waals surface area contributed by atoms with E-state index in [1.165, 1.54) is 6.20 Å². The number of nitrogens with zero attached hydrogens (tertiary/aromatic N) is 1. The molecule has 5 nitrogen and oxygen atoms in total. The van der Waals surface area contributed by atoms with Crippen molar-refractivity contribution < 1.29 is 9.53 Å². The third-order valence-corrected chi connectivity index (χ3v) is 5.13. The first-order valence-electron chi connectivity index (χ1n) is 7.34. The van der Waals surface area contributed by atoms with Gasteiger partial charge in [-0.25, -0.2) is 9.78 Å². The van der Waals surface area contributed by atoms with Crippen molar-refractivity contribution in [2.75, 3.05) is 11.9 Å². The van der Waals surface area contributed by atoms with Crippen molar-refractivity contribution in [3.63, 3.8) is 0 Å². The molecular weight excluding hydrogens is 373 g/mol. The minimum Gasteiger partial charge on any atom is -0.491 e. The Labute approximate surface area is 153 Å². The van der Waals surface area contributed by atoms with Crippen LogP contribution in [0.25, 0.3) is 0 Å². The molecule has 1 unspecified atom stereocenters. The van der Waals surface area contributed by atoms with Gasteiger partial charge in [-0.15, -0.1) is 0 Å². The Morgan fingerprint density at radius 3 is 2.71 bits per heavy atom. The van der Waals surface area contributed by atoms with E-state index in [4.69, 9.17) is 39.5 Å². The van der Waals surface area contributed by atoms with E-state index in [2.05, 4.69) is 15.6 Å². The molecule has 1 aromatic heterocycles. The molecule has 0 radical (unpaired) electrons. The maximum Gasteiger partial charge on any atom is 0.320 e. The molecule has 124 valence electrons. The van der Waals surface area contributed by atoms with Crippen LogP contribution in [-0.2, 0) is 0 Å². The SMILES string of the molecule is O=C(Nc1ccc(Cl)cn1)NC1[C@H]2COc3c(Cl)ccc(Cl)c3[C@@H]12. The molecule has 0 bridgehead atoms. The summed E-state index contributed by atoms with van der Waals surface area (Å²) in [6.45, 7) is 0.502. The lowest BCUT2D eigenvalue weighted by atomic mass is 10.1. The number of nitrogens with one attached hydrogen (secondary N) is 2. The monoisotopic (exact) mass is 383 g/mol. The topological polar surface area (TPSA) is 63.2 Å². The molecular formula is C16H12Cl3N3O2. The van der Waals surface area contributed by atoms with Crippen LogP contribution in [0.15, 0.2) is 30.5 Å². The second-order valence-electron chi connectivity index (χ2n) is 5.76. The van der Waals surface area contributed by atoms with Crippen molar-refractivity contribution in [2.45, 2.75) is 12.0 Å². The van der Waals surface area contributed by atoms with Crippen molar-refractivity contribution in [3.8, 4) is 5.75 Å². The number of urea groups is 1. The number of amides is 2. The number of fused-ring (bicyclic) bond motifs is 3. The first-order valence-corrected chi connectivity index (χ1v) is 8.48. The molecule has 2 amide bonds. The molecule has 24 heavy (non-hydrogen) atoms. The maximum atomic E-state index is 12.2. The van der Waals surface area contributed by atoms with Crippen molar-refractivity contribution in [1.82, 2.24) is 10.3 Å². The Hall–Kier alpha value is -1.69. The molecule has 1 aromatic carbocycles. The van der Waals surface area contributed by atoms with Crippen LogP contribution in [0.3, 0.4) is 0 Å². The fourth-order valence-electron chi connectivity index (χ4n) is 3.11. The molecule has 0 spiro atoms. The largest absolute Gasteiger partial charge is 0.491 e. The van der Waals surface area contributed by atoms with E-state index in [0.29, 0.717) is 33.2 Å². The smallest absolute Gasteiger partial charge is 0.320 e. The summed E-state index contributed by atoms with van der Waals surface area (Å²) in [6.07, 6.45) is 1.47. The fourth-order valence-corrected chi connectivity index (χ4v) is 3.72.